The molecule has 6 nitrogen and oxygen atoms in total. The van der Waals surface area contributed by atoms with Crippen LogP contribution in [0.5, 0.6) is 0 Å². The molecule has 0 aromatic rings. The number of unbranched alkanes of at least 4 members (excludes halogenated alkanes) is 20. The van der Waals surface area contributed by atoms with Gasteiger partial charge in [0.15, 0.2) is 6.10 Å². The highest BCUT2D eigenvalue weighted by molar-refractivity contribution is 5.71. The van der Waals surface area contributed by atoms with Crippen LogP contribution in [-0.4, -0.2) is 37.2 Å². The Labute approximate surface area is 455 Å². The lowest BCUT2D eigenvalue weighted by Gasteiger charge is -2.18. The van der Waals surface area contributed by atoms with E-state index in [0.29, 0.717) is 25.7 Å². The first kappa shape index (κ1) is 69.5. The van der Waals surface area contributed by atoms with E-state index in [1.165, 1.54) is 77.0 Å². The third kappa shape index (κ3) is 58.4. The zero-order chi connectivity index (χ0) is 53.6. The molecule has 6 heteroatoms. The molecule has 0 saturated heterocycles. The second-order valence-corrected chi connectivity index (χ2v) is 19.5. The van der Waals surface area contributed by atoms with Crippen molar-refractivity contribution in [2.75, 3.05) is 13.2 Å². The van der Waals surface area contributed by atoms with E-state index in [-0.39, 0.29) is 31.1 Å². The average Bonchev–Trinajstić information content (AvgIpc) is 3.40. The number of hydrogen-bond acceptors (Lipinski definition) is 6. The van der Waals surface area contributed by atoms with E-state index in [1.807, 2.05) is 0 Å². The first-order valence-corrected chi connectivity index (χ1v) is 30.2. The first-order chi connectivity index (χ1) is 36.5. The zero-order valence-corrected chi connectivity index (χ0v) is 47.8. The van der Waals surface area contributed by atoms with Crippen molar-refractivity contribution in [2.45, 2.75) is 264 Å². The number of carbonyl (C=O) groups is 3. The van der Waals surface area contributed by atoms with Gasteiger partial charge in [-0.2, -0.15) is 0 Å². The highest BCUT2D eigenvalue weighted by atomic mass is 16.6. The predicted molar refractivity (Wildman–Crippen MR) is 320 cm³/mol. The monoisotopic (exact) mass is 1020 g/mol. The molecule has 0 N–H and O–H groups in total. The maximum absolute atomic E-state index is 12.9. The van der Waals surface area contributed by atoms with E-state index in [2.05, 4.69) is 154 Å². The molecule has 0 aromatic carbocycles. The summed E-state index contributed by atoms with van der Waals surface area (Å²) in [6.07, 6.45) is 85.8. The fourth-order valence-corrected chi connectivity index (χ4v) is 7.90. The summed E-state index contributed by atoms with van der Waals surface area (Å²) in [6, 6.07) is 0. The smallest absolute Gasteiger partial charge is 0.306 e. The molecule has 0 saturated carbocycles. The van der Waals surface area contributed by atoms with Gasteiger partial charge in [-0.1, -0.05) is 238 Å². The fraction of sp³-hybridized carbons (Fsp3) is 0.632. The van der Waals surface area contributed by atoms with Crippen LogP contribution in [-0.2, 0) is 28.6 Å². The van der Waals surface area contributed by atoms with E-state index in [0.717, 1.165) is 135 Å². The largest absolute Gasteiger partial charge is 0.462 e. The van der Waals surface area contributed by atoms with Gasteiger partial charge < -0.3 is 14.2 Å². The molecule has 0 aliphatic heterocycles. The van der Waals surface area contributed by atoms with Gasteiger partial charge in [0, 0.05) is 19.3 Å². The van der Waals surface area contributed by atoms with Crippen LogP contribution in [0.15, 0.2) is 134 Å². The standard InChI is InChI=1S/C68H110O6/c1-4-7-10-13-16-19-22-25-28-30-32-34-36-38-40-43-46-49-52-55-58-61-67(70)73-64-65(63-72-66(69)60-57-54-51-48-45-42-27-24-21-18-15-12-9-6-3)74-68(71)62-59-56-53-50-47-44-41-39-37-35-33-31-29-26-23-20-17-14-11-8-5-2/h7-8,10-11,16-17,19-20,24-29,32-35,38,40,46,49,65H,4-6,9,12-15,18,21-23,30-31,36-37,39,41-45,47-48,50-64H2,1-3H3/b10-7-,11-8-,19-16-,20-17-,27-24-,28-25-,29-26-,34-32-,35-33-,40-38-,49-46-. The van der Waals surface area contributed by atoms with E-state index in [1.54, 1.807) is 0 Å². The average molecular weight is 1020 g/mol. The minimum atomic E-state index is -0.810. The second-order valence-electron chi connectivity index (χ2n) is 19.5. The second kappa shape index (κ2) is 61.1. The van der Waals surface area contributed by atoms with Gasteiger partial charge in [0.05, 0.1) is 0 Å². The number of ether oxygens (including phenoxy) is 3. The lowest BCUT2D eigenvalue weighted by Crippen LogP contribution is -2.30. The van der Waals surface area contributed by atoms with Crippen molar-refractivity contribution < 1.29 is 28.6 Å². The van der Waals surface area contributed by atoms with E-state index < -0.39 is 6.10 Å². The molecule has 0 rings (SSSR count). The van der Waals surface area contributed by atoms with Gasteiger partial charge in [0.1, 0.15) is 13.2 Å². The fourth-order valence-electron chi connectivity index (χ4n) is 7.90. The Morgan fingerprint density at radius 3 is 0.865 bits per heavy atom. The minimum absolute atomic E-state index is 0.103. The van der Waals surface area contributed by atoms with Crippen molar-refractivity contribution in [3.63, 3.8) is 0 Å². The number of rotatable bonds is 53. The van der Waals surface area contributed by atoms with Crippen LogP contribution >= 0.6 is 0 Å². The highest BCUT2D eigenvalue weighted by Crippen LogP contribution is 2.14. The molecule has 1 unspecified atom stereocenters. The summed E-state index contributed by atoms with van der Waals surface area (Å²) >= 11 is 0. The normalized spacial score (nSPS) is 13.1. The highest BCUT2D eigenvalue weighted by Gasteiger charge is 2.19. The Kier molecular flexibility index (Phi) is 57.4. The third-order valence-corrected chi connectivity index (χ3v) is 12.4. The number of hydrogen-bond donors (Lipinski definition) is 0. The summed E-state index contributed by atoms with van der Waals surface area (Å²) in [5.74, 6) is -0.965. The Hall–Kier alpha value is -4.45. The lowest BCUT2D eigenvalue weighted by atomic mass is 10.1. The van der Waals surface area contributed by atoms with Crippen LogP contribution in [0.25, 0.3) is 0 Å². The number of carbonyl (C=O) groups excluding carboxylic acids is 3. The van der Waals surface area contributed by atoms with Crippen molar-refractivity contribution >= 4 is 17.9 Å². The van der Waals surface area contributed by atoms with E-state index in [9.17, 15) is 14.4 Å². The van der Waals surface area contributed by atoms with Crippen LogP contribution in [0.1, 0.15) is 258 Å². The van der Waals surface area contributed by atoms with Crippen LogP contribution in [0, 0.1) is 0 Å². The molecule has 0 radical (unpaired) electrons. The molecule has 0 amide bonds. The molecule has 0 aliphatic carbocycles. The molecule has 418 valence electrons. The summed E-state index contributed by atoms with van der Waals surface area (Å²) in [5.41, 5.74) is 0. The van der Waals surface area contributed by atoms with Crippen LogP contribution < -0.4 is 0 Å². The number of esters is 3. The lowest BCUT2D eigenvalue weighted by molar-refractivity contribution is -0.167. The van der Waals surface area contributed by atoms with Gasteiger partial charge in [-0.25, -0.2) is 0 Å². The maximum Gasteiger partial charge on any atom is 0.306 e. The van der Waals surface area contributed by atoms with Crippen molar-refractivity contribution in [1.82, 2.24) is 0 Å². The molecule has 0 heterocycles. The Morgan fingerprint density at radius 2 is 0.527 bits per heavy atom. The summed E-state index contributed by atoms with van der Waals surface area (Å²) < 4.78 is 16.9. The quantitative estimate of drug-likeness (QED) is 0.0261. The van der Waals surface area contributed by atoms with Crippen LogP contribution in [0.4, 0.5) is 0 Å². The van der Waals surface area contributed by atoms with E-state index >= 15 is 0 Å². The van der Waals surface area contributed by atoms with Gasteiger partial charge in [-0.05, 0) is 135 Å². The molecular weight excluding hydrogens is 913 g/mol. The SMILES string of the molecule is CC/C=C\C/C=C\C/C=C\C/C=C\C/C=C\C/C=C\CCCCC(=O)OCC(COC(=O)CCCCCCC/C=C\CCCCCCC)OC(=O)CCCCCCCCCC/C=C\C/C=C\C/C=C\C/C=C\CC. The van der Waals surface area contributed by atoms with Gasteiger partial charge in [-0.15, -0.1) is 0 Å². The van der Waals surface area contributed by atoms with E-state index in [4.69, 9.17) is 14.2 Å². The summed E-state index contributed by atoms with van der Waals surface area (Å²) in [5, 5.41) is 0. The molecule has 0 aromatic heterocycles. The van der Waals surface area contributed by atoms with Gasteiger partial charge >= 0.3 is 17.9 Å². The molecule has 0 bridgehead atoms. The van der Waals surface area contributed by atoms with Crippen LogP contribution in [0.2, 0.25) is 0 Å². The van der Waals surface area contributed by atoms with Crippen LogP contribution in [0.3, 0.4) is 0 Å². The predicted octanol–water partition coefficient (Wildman–Crippen LogP) is 20.6. The Bertz CT molecular complexity index is 1600. The van der Waals surface area contributed by atoms with Crippen molar-refractivity contribution in [1.29, 1.82) is 0 Å². The molecule has 1 atom stereocenters. The molecular formula is C68H110O6. The number of allylic oxidation sites excluding steroid dienone is 22. The molecule has 0 fully saturated rings. The summed E-state index contributed by atoms with van der Waals surface area (Å²) in [6.45, 7) is 6.35. The summed E-state index contributed by atoms with van der Waals surface area (Å²) in [7, 11) is 0. The third-order valence-electron chi connectivity index (χ3n) is 12.4. The van der Waals surface area contributed by atoms with Crippen molar-refractivity contribution in [3.05, 3.63) is 134 Å². The Morgan fingerprint density at radius 1 is 0.284 bits per heavy atom. The first-order valence-electron chi connectivity index (χ1n) is 30.2. The zero-order valence-electron chi connectivity index (χ0n) is 47.8. The van der Waals surface area contributed by atoms with Gasteiger partial charge in [0.25, 0.3) is 0 Å². The Balaban J connectivity index is 4.50. The van der Waals surface area contributed by atoms with Crippen molar-refractivity contribution in [3.8, 4) is 0 Å². The molecule has 74 heavy (non-hydrogen) atoms. The maximum atomic E-state index is 12.9. The molecule has 0 aliphatic rings. The molecule has 0 spiro atoms. The van der Waals surface area contributed by atoms with Crippen molar-refractivity contribution in [2.24, 2.45) is 0 Å². The summed E-state index contributed by atoms with van der Waals surface area (Å²) in [4.78, 5) is 38.2. The van der Waals surface area contributed by atoms with Gasteiger partial charge in [0.2, 0.25) is 0 Å². The topological polar surface area (TPSA) is 78.9 Å². The van der Waals surface area contributed by atoms with Gasteiger partial charge in [-0.3, -0.25) is 14.4 Å². The minimum Gasteiger partial charge on any atom is -0.462 e.